The number of nitrogens with one attached hydrogen (secondary N) is 1. The van der Waals surface area contributed by atoms with Crippen LogP contribution in [0.15, 0.2) is 127 Å². The Morgan fingerprint density at radius 1 is 0.808 bits per heavy atom. The van der Waals surface area contributed by atoms with Crippen molar-refractivity contribution >= 4 is 17.5 Å². The van der Waals surface area contributed by atoms with E-state index in [0.29, 0.717) is 36.5 Å². The zero-order chi connectivity index (χ0) is 36.1. The Bertz CT molecular complexity index is 1930. The Labute approximate surface area is 310 Å². The van der Waals surface area contributed by atoms with E-state index in [2.05, 4.69) is 53.5 Å². The van der Waals surface area contributed by atoms with E-state index in [1.54, 1.807) is 0 Å². The molecule has 0 bridgehead atoms. The van der Waals surface area contributed by atoms with Crippen LogP contribution in [-0.2, 0) is 28.2 Å². The van der Waals surface area contributed by atoms with Crippen LogP contribution >= 0.6 is 11.6 Å². The molecule has 0 spiro atoms. The van der Waals surface area contributed by atoms with Crippen LogP contribution in [-0.4, -0.2) is 46.8 Å². The second-order valence-electron chi connectivity index (χ2n) is 14.0. The summed E-state index contributed by atoms with van der Waals surface area (Å²) >= 11 is 6.11. The lowest BCUT2D eigenvalue weighted by Gasteiger charge is -2.45. The van der Waals surface area contributed by atoms with Crippen molar-refractivity contribution in [2.45, 2.75) is 57.0 Å². The molecule has 7 rings (SSSR count). The third-order valence-electron chi connectivity index (χ3n) is 10.6. The molecule has 5 aromatic rings. The number of likely N-dealkylation sites (tertiary alicyclic amines) is 1. The maximum atomic E-state index is 12.6. The summed E-state index contributed by atoms with van der Waals surface area (Å²) < 4.78 is 13.5. The molecule has 0 unspecified atom stereocenters. The minimum Gasteiger partial charge on any atom is -0.392 e. The third-order valence-corrected chi connectivity index (χ3v) is 10.8. The molecule has 2 saturated heterocycles. The normalized spacial score (nSPS) is 21.8. The summed E-state index contributed by atoms with van der Waals surface area (Å²) in [7, 11) is 0. The first-order valence-corrected chi connectivity index (χ1v) is 18.4. The SMILES string of the molecule is C[C@@H]1[C@H](CN2CCC(O)(c3ccc(Cl)cc3)CC2)O[C@H](c2ccc(-c3cccc(CNC(=O)c4ccccc4)c3)cc2)O[C@@H]1c1ccc(CO)cc1. The fourth-order valence-corrected chi connectivity index (χ4v) is 7.43. The predicted molar refractivity (Wildman–Crippen MR) is 203 cm³/mol. The van der Waals surface area contributed by atoms with Crippen LogP contribution < -0.4 is 5.32 Å². The smallest absolute Gasteiger partial charge is 0.251 e. The van der Waals surface area contributed by atoms with Gasteiger partial charge < -0.3 is 29.9 Å². The molecule has 0 aromatic heterocycles. The highest BCUT2D eigenvalue weighted by molar-refractivity contribution is 6.30. The fraction of sp³-hybridized carbons (Fsp3) is 0.295. The van der Waals surface area contributed by atoms with E-state index in [-0.39, 0.29) is 30.6 Å². The highest BCUT2D eigenvalue weighted by atomic mass is 35.5. The molecule has 268 valence electrons. The van der Waals surface area contributed by atoms with E-state index in [0.717, 1.165) is 52.0 Å². The van der Waals surface area contributed by atoms with E-state index >= 15 is 0 Å². The average molecular weight is 717 g/mol. The molecule has 5 aromatic carbocycles. The zero-order valence-corrected chi connectivity index (χ0v) is 30.1. The summed E-state index contributed by atoms with van der Waals surface area (Å²) in [6, 6.07) is 41.2. The molecule has 0 aliphatic carbocycles. The minimum atomic E-state index is -0.875. The van der Waals surface area contributed by atoms with E-state index in [4.69, 9.17) is 21.1 Å². The van der Waals surface area contributed by atoms with E-state index in [1.807, 2.05) is 91.0 Å². The number of carbonyl (C=O) groups is 1. The van der Waals surface area contributed by atoms with Crippen molar-refractivity contribution in [3.63, 3.8) is 0 Å². The molecule has 52 heavy (non-hydrogen) atoms. The van der Waals surface area contributed by atoms with Crippen molar-refractivity contribution in [1.29, 1.82) is 0 Å². The molecule has 2 aliphatic heterocycles. The number of piperidine rings is 1. The molecule has 4 atom stereocenters. The lowest BCUT2D eigenvalue weighted by atomic mass is 9.84. The fourth-order valence-electron chi connectivity index (χ4n) is 7.30. The molecule has 2 heterocycles. The summed E-state index contributed by atoms with van der Waals surface area (Å²) in [5, 5.41) is 24.8. The van der Waals surface area contributed by atoms with Crippen molar-refractivity contribution in [3.05, 3.63) is 166 Å². The molecular weight excluding hydrogens is 672 g/mol. The lowest BCUT2D eigenvalue weighted by molar-refractivity contribution is -0.277. The van der Waals surface area contributed by atoms with E-state index < -0.39 is 11.9 Å². The first kappa shape index (κ1) is 36.0. The van der Waals surface area contributed by atoms with Gasteiger partial charge in [-0.3, -0.25) is 4.79 Å². The standard InChI is InChI=1S/C44H45ClN2O5/c1-30-40(28-47-24-22-44(50,23-25-47)38-18-20-39(45)21-19-38)51-43(52-41(30)34-12-10-31(29-48)11-13-34)36-16-14-33(15-17-36)37-9-5-6-32(26-37)27-46-42(49)35-7-3-2-4-8-35/h2-21,26,30,40-41,43,48,50H,22-25,27-29H2,1H3,(H,46,49)/t30-,40+,41+,43+/m1/s1. The number of nitrogens with zero attached hydrogens (tertiary/aromatic N) is 1. The first-order valence-electron chi connectivity index (χ1n) is 18.0. The van der Waals surface area contributed by atoms with Gasteiger partial charge in [-0.25, -0.2) is 0 Å². The monoisotopic (exact) mass is 716 g/mol. The number of hydrogen-bond acceptors (Lipinski definition) is 6. The average Bonchev–Trinajstić information content (AvgIpc) is 3.19. The van der Waals surface area contributed by atoms with Crippen LogP contribution in [0.25, 0.3) is 11.1 Å². The number of aliphatic hydroxyl groups excluding tert-OH is 1. The maximum absolute atomic E-state index is 12.6. The number of rotatable bonds is 10. The van der Waals surface area contributed by atoms with Crippen molar-refractivity contribution < 1.29 is 24.5 Å². The molecular formula is C44H45ClN2O5. The maximum Gasteiger partial charge on any atom is 0.251 e. The van der Waals surface area contributed by atoms with Gasteiger partial charge >= 0.3 is 0 Å². The molecule has 2 aliphatic rings. The summed E-state index contributed by atoms with van der Waals surface area (Å²) in [6.45, 7) is 4.81. The van der Waals surface area contributed by atoms with Crippen LogP contribution in [0, 0.1) is 5.92 Å². The summed E-state index contributed by atoms with van der Waals surface area (Å²) in [4.78, 5) is 15.0. The van der Waals surface area contributed by atoms with Gasteiger partial charge in [0.25, 0.3) is 5.91 Å². The van der Waals surface area contributed by atoms with Crippen molar-refractivity contribution in [1.82, 2.24) is 10.2 Å². The Hall–Kier alpha value is -4.34. The van der Waals surface area contributed by atoms with Gasteiger partial charge in [-0.2, -0.15) is 0 Å². The zero-order valence-electron chi connectivity index (χ0n) is 29.3. The van der Waals surface area contributed by atoms with Crippen LogP contribution in [0.3, 0.4) is 0 Å². The van der Waals surface area contributed by atoms with E-state index in [9.17, 15) is 15.0 Å². The highest BCUT2D eigenvalue weighted by Crippen LogP contribution is 2.43. The molecule has 0 saturated carbocycles. The highest BCUT2D eigenvalue weighted by Gasteiger charge is 2.41. The van der Waals surface area contributed by atoms with Crippen molar-refractivity contribution in [2.75, 3.05) is 19.6 Å². The third kappa shape index (κ3) is 8.31. The van der Waals surface area contributed by atoms with Gasteiger partial charge in [-0.05, 0) is 76.6 Å². The number of halogens is 1. The van der Waals surface area contributed by atoms with Gasteiger partial charge in [0.05, 0.1) is 24.4 Å². The molecule has 3 N–H and O–H groups in total. The number of benzene rings is 5. The minimum absolute atomic E-state index is 0.00930. The second-order valence-corrected chi connectivity index (χ2v) is 14.5. The molecule has 8 heteroatoms. The van der Waals surface area contributed by atoms with Gasteiger partial charge in [0.2, 0.25) is 0 Å². The van der Waals surface area contributed by atoms with Crippen molar-refractivity contribution in [3.8, 4) is 11.1 Å². The van der Waals surface area contributed by atoms with Crippen LogP contribution in [0.1, 0.15) is 70.3 Å². The van der Waals surface area contributed by atoms with Crippen molar-refractivity contribution in [2.24, 2.45) is 5.92 Å². The topological polar surface area (TPSA) is 91.3 Å². The number of aliphatic hydroxyl groups is 2. The summed E-state index contributed by atoms with van der Waals surface area (Å²) in [5.41, 5.74) is 6.63. The van der Waals surface area contributed by atoms with Gasteiger partial charge in [-0.1, -0.05) is 116 Å². The van der Waals surface area contributed by atoms with Gasteiger partial charge in [0.1, 0.15) is 0 Å². The number of ether oxygens (including phenoxy) is 2. The van der Waals surface area contributed by atoms with E-state index in [1.165, 1.54) is 0 Å². The Morgan fingerprint density at radius 2 is 1.50 bits per heavy atom. The Balaban J connectivity index is 1.05. The molecule has 2 fully saturated rings. The number of hydrogen-bond donors (Lipinski definition) is 3. The van der Waals surface area contributed by atoms with Gasteiger partial charge in [0.15, 0.2) is 6.29 Å². The van der Waals surface area contributed by atoms with Gasteiger partial charge in [0, 0.05) is 48.2 Å². The summed E-state index contributed by atoms with van der Waals surface area (Å²) in [5.74, 6) is -0.0458. The number of carbonyl (C=O) groups excluding carboxylic acids is 1. The molecule has 7 nitrogen and oxygen atoms in total. The van der Waals surface area contributed by atoms with Crippen LogP contribution in [0.2, 0.25) is 5.02 Å². The van der Waals surface area contributed by atoms with Gasteiger partial charge in [-0.15, -0.1) is 0 Å². The molecule has 0 radical (unpaired) electrons. The van der Waals surface area contributed by atoms with Crippen LogP contribution in [0.5, 0.6) is 0 Å². The number of amides is 1. The summed E-state index contributed by atoms with van der Waals surface area (Å²) in [6.07, 6.45) is 0.348. The lowest BCUT2D eigenvalue weighted by Crippen LogP contribution is -2.49. The first-order chi connectivity index (χ1) is 25.3. The predicted octanol–water partition coefficient (Wildman–Crippen LogP) is 8.20. The second kappa shape index (κ2) is 16.1. The van der Waals surface area contributed by atoms with Crippen LogP contribution in [0.4, 0.5) is 0 Å². The largest absolute Gasteiger partial charge is 0.392 e. The Kier molecular flexibility index (Phi) is 11.2. The molecule has 1 amide bonds. The Morgan fingerprint density at radius 3 is 2.19 bits per heavy atom. The quantitative estimate of drug-likeness (QED) is 0.135.